The van der Waals surface area contributed by atoms with Crippen molar-refractivity contribution in [3.05, 3.63) is 0 Å². The van der Waals surface area contributed by atoms with E-state index in [-0.39, 0.29) is 30.6 Å². The standard InChI is InChI=1S/C20H40N4O.HI/c1-3-7-17(11-13-25)14-22-20(21-4-2)23-19-10-12-24(16-19)15-18-8-5-6-9-18;/h17-19,25H,3-16H2,1-2H3,(H2,21,22,23);1H. The smallest absolute Gasteiger partial charge is 0.191 e. The number of hydrogen-bond donors (Lipinski definition) is 3. The normalized spacial score (nSPS) is 23.0. The van der Waals surface area contributed by atoms with E-state index in [2.05, 4.69) is 29.4 Å². The molecule has 2 fully saturated rings. The number of rotatable bonds is 10. The van der Waals surface area contributed by atoms with E-state index < -0.39 is 0 Å². The second-order valence-corrected chi connectivity index (χ2v) is 7.93. The Morgan fingerprint density at radius 3 is 2.62 bits per heavy atom. The molecule has 2 atom stereocenters. The van der Waals surface area contributed by atoms with Gasteiger partial charge in [-0.15, -0.1) is 24.0 Å². The Morgan fingerprint density at radius 1 is 1.19 bits per heavy atom. The molecule has 1 saturated heterocycles. The average molecular weight is 480 g/mol. The van der Waals surface area contributed by atoms with Crippen LogP contribution in [-0.4, -0.2) is 61.3 Å². The largest absolute Gasteiger partial charge is 0.396 e. The van der Waals surface area contributed by atoms with Crippen LogP contribution in [0.3, 0.4) is 0 Å². The molecule has 154 valence electrons. The third kappa shape index (κ3) is 8.74. The first-order chi connectivity index (χ1) is 12.2. The van der Waals surface area contributed by atoms with Crippen LogP contribution < -0.4 is 10.6 Å². The second-order valence-electron chi connectivity index (χ2n) is 7.93. The molecule has 0 amide bonds. The van der Waals surface area contributed by atoms with Crippen molar-refractivity contribution in [3.63, 3.8) is 0 Å². The maximum Gasteiger partial charge on any atom is 0.191 e. The summed E-state index contributed by atoms with van der Waals surface area (Å²) in [6.45, 7) is 9.95. The lowest BCUT2D eigenvalue weighted by Crippen LogP contribution is -2.45. The lowest BCUT2D eigenvalue weighted by Gasteiger charge is -2.21. The van der Waals surface area contributed by atoms with Crippen molar-refractivity contribution in [2.45, 2.75) is 71.3 Å². The average Bonchev–Trinajstić information content (AvgIpc) is 3.26. The number of aliphatic hydroxyl groups is 1. The Hall–Kier alpha value is -0.0800. The van der Waals surface area contributed by atoms with Gasteiger partial charge < -0.3 is 20.6 Å². The first kappa shape index (κ1) is 24.0. The fraction of sp³-hybridized carbons (Fsp3) is 0.950. The highest BCUT2D eigenvalue weighted by Gasteiger charge is 2.26. The molecule has 3 N–H and O–H groups in total. The zero-order valence-corrected chi connectivity index (χ0v) is 19.2. The maximum atomic E-state index is 9.22. The highest BCUT2D eigenvalue weighted by molar-refractivity contribution is 14.0. The highest BCUT2D eigenvalue weighted by atomic mass is 127. The van der Waals surface area contributed by atoms with Crippen molar-refractivity contribution in [2.24, 2.45) is 16.8 Å². The van der Waals surface area contributed by atoms with Gasteiger partial charge in [0.1, 0.15) is 0 Å². The first-order valence-electron chi connectivity index (χ1n) is 10.6. The van der Waals surface area contributed by atoms with Crippen LogP contribution in [0.15, 0.2) is 4.99 Å². The Kier molecular flexibility index (Phi) is 12.9. The van der Waals surface area contributed by atoms with Gasteiger partial charge in [-0.1, -0.05) is 26.2 Å². The number of hydrogen-bond acceptors (Lipinski definition) is 3. The van der Waals surface area contributed by atoms with E-state index in [9.17, 15) is 5.11 Å². The van der Waals surface area contributed by atoms with E-state index in [4.69, 9.17) is 4.99 Å². The van der Waals surface area contributed by atoms with Crippen molar-refractivity contribution < 1.29 is 5.11 Å². The second kappa shape index (κ2) is 14.0. The van der Waals surface area contributed by atoms with Gasteiger partial charge in [0.25, 0.3) is 0 Å². The van der Waals surface area contributed by atoms with Gasteiger partial charge in [0, 0.05) is 45.4 Å². The minimum Gasteiger partial charge on any atom is -0.396 e. The molecule has 0 spiro atoms. The minimum atomic E-state index is 0. The summed E-state index contributed by atoms with van der Waals surface area (Å²) in [6.07, 6.45) is 10.1. The lowest BCUT2D eigenvalue weighted by molar-refractivity contribution is 0.253. The van der Waals surface area contributed by atoms with Gasteiger partial charge in [-0.3, -0.25) is 4.99 Å². The van der Waals surface area contributed by atoms with E-state index >= 15 is 0 Å². The lowest BCUT2D eigenvalue weighted by atomic mass is 10.0. The van der Waals surface area contributed by atoms with Gasteiger partial charge in [-0.25, -0.2) is 0 Å². The summed E-state index contributed by atoms with van der Waals surface area (Å²) in [5.74, 6) is 2.39. The van der Waals surface area contributed by atoms with Crippen LogP contribution in [0.5, 0.6) is 0 Å². The predicted octanol–water partition coefficient (Wildman–Crippen LogP) is 3.22. The predicted molar refractivity (Wildman–Crippen MR) is 121 cm³/mol. The Bertz CT molecular complexity index is 382. The summed E-state index contributed by atoms with van der Waals surface area (Å²) < 4.78 is 0. The van der Waals surface area contributed by atoms with Crippen LogP contribution in [0.1, 0.15) is 65.2 Å². The van der Waals surface area contributed by atoms with Gasteiger partial charge in [0.15, 0.2) is 5.96 Å². The molecule has 2 unspecified atom stereocenters. The van der Waals surface area contributed by atoms with Gasteiger partial charge in [0.2, 0.25) is 0 Å². The molecule has 1 aliphatic carbocycles. The molecule has 1 saturated carbocycles. The van der Waals surface area contributed by atoms with Gasteiger partial charge in [-0.2, -0.15) is 0 Å². The Labute approximate surface area is 177 Å². The topological polar surface area (TPSA) is 59.9 Å². The quantitative estimate of drug-likeness (QED) is 0.255. The van der Waals surface area contributed by atoms with E-state index in [0.717, 1.165) is 50.8 Å². The molecule has 2 aliphatic rings. The summed E-state index contributed by atoms with van der Waals surface area (Å²) in [4.78, 5) is 7.45. The summed E-state index contributed by atoms with van der Waals surface area (Å²) >= 11 is 0. The molecule has 2 rings (SSSR count). The van der Waals surface area contributed by atoms with Crippen molar-refractivity contribution in [3.8, 4) is 0 Å². The zero-order chi connectivity index (χ0) is 17.9. The number of guanidine groups is 1. The summed E-state index contributed by atoms with van der Waals surface area (Å²) in [5, 5.41) is 16.3. The molecule has 1 aliphatic heterocycles. The van der Waals surface area contributed by atoms with Crippen LogP contribution in [-0.2, 0) is 0 Å². The van der Waals surface area contributed by atoms with E-state index in [1.165, 1.54) is 45.2 Å². The van der Waals surface area contributed by atoms with Crippen molar-refractivity contribution in [1.29, 1.82) is 0 Å². The molecular formula is C20H41IN4O. The third-order valence-electron chi connectivity index (χ3n) is 5.69. The Morgan fingerprint density at radius 2 is 1.96 bits per heavy atom. The van der Waals surface area contributed by atoms with Crippen LogP contribution in [0.4, 0.5) is 0 Å². The van der Waals surface area contributed by atoms with Crippen molar-refractivity contribution in [1.82, 2.24) is 15.5 Å². The molecule has 1 heterocycles. The van der Waals surface area contributed by atoms with Crippen molar-refractivity contribution in [2.75, 3.05) is 39.3 Å². The molecule has 0 aromatic rings. The number of nitrogens with zero attached hydrogens (tertiary/aromatic N) is 2. The number of halogens is 1. The van der Waals surface area contributed by atoms with Crippen LogP contribution in [0, 0.1) is 11.8 Å². The van der Waals surface area contributed by atoms with Gasteiger partial charge >= 0.3 is 0 Å². The van der Waals surface area contributed by atoms with Crippen LogP contribution in [0.25, 0.3) is 0 Å². The molecule has 0 radical (unpaired) electrons. The molecular weight excluding hydrogens is 439 g/mol. The van der Waals surface area contributed by atoms with Gasteiger partial charge in [-0.05, 0) is 50.9 Å². The highest BCUT2D eigenvalue weighted by Crippen LogP contribution is 2.26. The number of nitrogens with one attached hydrogen (secondary N) is 2. The molecule has 0 aromatic carbocycles. The summed E-state index contributed by atoms with van der Waals surface area (Å²) in [6, 6.07) is 0.515. The first-order valence-corrected chi connectivity index (χ1v) is 10.6. The number of aliphatic hydroxyl groups excluding tert-OH is 1. The van der Waals surface area contributed by atoms with Gasteiger partial charge in [0.05, 0.1) is 0 Å². The molecule has 0 aromatic heterocycles. The monoisotopic (exact) mass is 480 g/mol. The maximum absolute atomic E-state index is 9.22. The summed E-state index contributed by atoms with van der Waals surface area (Å²) in [7, 11) is 0. The van der Waals surface area contributed by atoms with Crippen LogP contribution >= 0.6 is 24.0 Å². The molecule has 0 bridgehead atoms. The van der Waals surface area contributed by atoms with Crippen LogP contribution in [0.2, 0.25) is 0 Å². The molecule has 26 heavy (non-hydrogen) atoms. The van der Waals surface area contributed by atoms with E-state index in [1.807, 2.05) is 0 Å². The molecule has 5 nitrogen and oxygen atoms in total. The molecule has 6 heteroatoms. The SMILES string of the molecule is CCCC(CCO)CN=C(NCC)NC1CCN(CC2CCCC2)C1.I. The zero-order valence-electron chi connectivity index (χ0n) is 16.9. The number of aliphatic imine (C=N–C) groups is 1. The minimum absolute atomic E-state index is 0. The third-order valence-corrected chi connectivity index (χ3v) is 5.69. The Balaban J connectivity index is 0.00000338. The van der Waals surface area contributed by atoms with Crippen molar-refractivity contribution >= 4 is 29.9 Å². The fourth-order valence-electron chi connectivity index (χ4n) is 4.33. The summed E-state index contributed by atoms with van der Waals surface area (Å²) in [5.41, 5.74) is 0. The van der Waals surface area contributed by atoms with E-state index in [0.29, 0.717) is 12.0 Å². The fourth-order valence-corrected chi connectivity index (χ4v) is 4.33. The number of likely N-dealkylation sites (tertiary alicyclic amines) is 1. The van der Waals surface area contributed by atoms with E-state index in [1.54, 1.807) is 0 Å².